The van der Waals surface area contributed by atoms with E-state index in [1.165, 1.54) is 12.1 Å². The highest BCUT2D eigenvalue weighted by Gasteiger charge is 2.28. The first kappa shape index (κ1) is 16.9. The van der Waals surface area contributed by atoms with E-state index in [0.29, 0.717) is 18.8 Å². The Morgan fingerprint density at radius 3 is 2.77 bits per heavy atom. The fourth-order valence-corrected chi connectivity index (χ4v) is 2.39. The Labute approximate surface area is 135 Å². The summed E-state index contributed by atoms with van der Waals surface area (Å²) in [5.74, 6) is -0.100. The number of carbonyl (C=O) groups excluding carboxylic acids is 1. The van der Waals surface area contributed by atoms with E-state index in [1.807, 2.05) is 20.8 Å². The van der Waals surface area contributed by atoms with Crippen LogP contribution in [0.25, 0.3) is 0 Å². The van der Waals surface area contributed by atoms with Gasteiger partial charge in [-0.3, -0.25) is 0 Å². The smallest absolute Gasteiger partial charge is 0.410 e. The second-order valence-corrected chi connectivity index (χ2v) is 6.79. The van der Waals surface area contributed by atoms with Crippen molar-refractivity contribution in [3.05, 3.63) is 29.0 Å². The molecular weight excluding hydrogens is 309 g/mol. The van der Waals surface area contributed by atoms with Crippen molar-refractivity contribution in [1.82, 2.24) is 4.90 Å². The molecule has 0 spiro atoms. The topological polar surface area (TPSA) is 38.8 Å². The quantitative estimate of drug-likeness (QED) is 0.814. The Morgan fingerprint density at radius 1 is 1.41 bits per heavy atom. The number of likely N-dealkylation sites (tertiary alicyclic amines) is 1. The molecule has 4 nitrogen and oxygen atoms in total. The highest BCUT2D eigenvalue weighted by Crippen LogP contribution is 2.24. The second-order valence-electron chi connectivity index (χ2n) is 6.38. The fourth-order valence-electron chi connectivity index (χ4n) is 2.27. The number of carbonyl (C=O) groups is 1. The molecule has 0 radical (unpaired) electrons. The molecule has 1 aliphatic heterocycles. The van der Waals surface area contributed by atoms with Crippen LogP contribution in [0.3, 0.4) is 0 Å². The lowest BCUT2D eigenvalue weighted by molar-refractivity contribution is 0.00772. The van der Waals surface area contributed by atoms with Gasteiger partial charge in [-0.1, -0.05) is 11.6 Å². The van der Waals surface area contributed by atoms with Crippen molar-refractivity contribution in [3.63, 3.8) is 0 Å². The third kappa shape index (κ3) is 4.77. The van der Waals surface area contributed by atoms with Crippen LogP contribution in [0.2, 0.25) is 5.02 Å². The molecule has 1 aliphatic rings. The zero-order valence-electron chi connectivity index (χ0n) is 13.1. The summed E-state index contributed by atoms with van der Waals surface area (Å²) >= 11 is 5.65. The van der Waals surface area contributed by atoms with Crippen LogP contribution in [0, 0.1) is 5.82 Å². The number of benzene rings is 1. The van der Waals surface area contributed by atoms with E-state index in [0.717, 1.165) is 12.8 Å². The molecule has 1 saturated heterocycles. The SMILES string of the molecule is CC(C)(C)OC(=O)N1CCC[C@H](Oc2ccc(Cl)c(F)c2)C1. The highest BCUT2D eigenvalue weighted by atomic mass is 35.5. The van der Waals surface area contributed by atoms with Crippen molar-refractivity contribution in [2.45, 2.75) is 45.3 Å². The van der Waals surface area contributed by atoms with E-state index in [9.17, 15) is 9.18 Å². The number of halogens is 2. The van der Waals surface area contributed by atoms with Crippen molar-refractivity contribution in [3.8, 4) is 5.75 Å². The summed E-state index contributed by atoms with van der Waals surface area (Å²) in [7, 11) is 0. The summed E-state index contributed by atoms with van der Waals surface area (Å²) in [5, 5.41) is 0.0615. The normalized spacial score (nSPS) is 19.0. The van der Waals surface area contributed by atoms with E-state index in [4.69, 9.17) is 21.1 Å². The molecule has 0 saturated carbocycles. The Bertz CT molecular complexity index is 545. The minimum atomic E-state index is -0.524. The standard InChI is InChI=1S/C16H21ClFNO3/c1-16(2,3)22-15(20)19-8-4-5-12(10-19)21-11-6-7-13(17)14(18)9-11/h6-7,9,12H,4-5,8,10H2,1-3H3/t12-/m0/s1. The maximum absolute atomic E-state index is 13.4. The molecule has 0 aliphatic carbocycles. The minimum Gasteiger partial charge on any atom is -0.488 e. The van der Waals surface area contributed by atoms with E-state index >= 15 is 0 Å². The van der Waals surface area contributed by atoms with Crippen LogP contribution in [0.5, 0.6) is 5.75 Å². The largest absolute Gasteiger partial charge is 0.488 e. The molecule has 1 fully saturated rings. The number of hydrogen-bond donors (Lipinski definition) is 0. The van der Waals surface area contributed by atoms with Gasteiger partial charge in [-0.25, -0.2) is 9.18 Å². The van der Waals surface area contributed by atoms with Gasteiger partial charge in [0.25, 0.3) is 0 Å². The van der Waals surface area contributed by atoms with Gasteiger partial charge >= 0.3 is 6.09 Å². The average Bonchev–Trinajstić information content (AvgIpc) is 2.41. The van der Waals surface area contributed by atoms with Gasteiger partial charge < -0.3 is 14.4 Å². The summed E-state index contributed by atoms with van der Waals surface area (Å²) in [6.07, 6.45) is 1.11. The van der Waals surface area contributed by atoms with Crippen molar-refractivity contribution in [2.75, 3.05) is 13.1 Å². The summed E-state index contributed by atoms with van der Waals surface area (Å²) in [6, 6.07) is 4.34. The zero-order chi connectivity index (χ0) is 16.3. The average molecular weight is 330 g/mol. The third-order valence-corrected chi connectivity index (χ3v) is 3.53. The number of hydrogen-bond acceptors (Lipinski definition) is 3. The summed E-state index contributed by atoms with van der Waals surface area (Å²) < 4.78 is 24.5. The van der Waals surface area contributed by atoms with E-state index in [2.05, 4.69) is 0 Å². The molecule has 22 heavy (non-hydrogen) atoms. The zero-order valence-corrected chi connectivity index (χ0v) is 13.8. The molecular formula is C16H21ClFNO3. The molecule has 1 amide bonds. The molecule has 0 unspecified atom stereocenters. The van der Waals surface area contributed by atoms with Crippen LogP contribution in [-0.4, -0.2) is 35.8 Å². The van der Waals surface area contributed by atoms with Crippen LogP contribution >= 0.6 is 11.6 Å². The van der Waals surface area contributed by atoms with Gasteiger partial charge in [-0.05, 0) is 45.7 Å². The first-order valence-corrected chi connectivity index (χ1v) is 7.72. The number of ether oxygens (including phenoxy) is 2. The molecule has 1 aromatic carbocycles. The molecule has 0 aromatic heterocycles. The van der Waals surface area contributed by atoms with Gasteiger partial charge in [0.15, 0.2) is 0 Å². The lowest BCUT2D eigenvalue weighted by Gasteiger charge is -2.34. The van der Waals surface area contributed by atoms with E-state index in [-0.39, 0.29) is 17.2 Å². The van der Waals surface area contributed by atoms with Crippen molar-refractivity contribution >= 4 is 17.7 Å². The van der Waals surface area contributed by atoms with E-state index < -0.39 is 11.4 Å². The fraction of sp³-hybridized carbons (Fsp3) is 0.562. The maximum atomic E-state index is 13.4. The number of rotatable bonds is 2. The second kappa shape index (κ2) is 6.73. The maximum Gasteiger partial charge on any atom is 0.410 e. The molecule has 0 bridgehead atoms. The molecule has 6 heteroatoms. The third-order valence-electron chi connectivity index (χ3n) is 3.22. The Balaban J connectivity index is 1.95. The number of piperidine rings is 1. The van der Waals surface area contributed by atoms with Crippen molar-refractivity contribution < 1.29 is 18.7 Å². The van der Waals surface area contributed by atoms with Crippen LogP contribution in [-0.2, 0) is 4.74 Å². The summed E-state index contributed by atoms with van der Waals surface area (Å²) in [6.45, 7) is 6.57. The predicted molar refractivity (Wildman–Crippen MR) is 82.9 cm³/mol. The van der Waals surface area contributed by atoms with Crippen molar-refractivity contribution in [1.29, 1.82) is 0 Å². The molecule has 1 atom stereocenters. The molecule has 0 N–H and O–H groups in total. The molecule has 1 heterocycles. The van der Waals surface area contributed by atoms with Crippen LogP contribution in [0.1, 0.15) is 33.6 Å². The van der Waals surface area contributed by atoms with Crippen LogP contribution in [0.15, 0.2) is 18.2 Å². The lowest BCUT2D eigenvalue weighted by Crippen LogP contribution is -2.46. The van der Waals surface area contributed by atoms with Gasteiger partial charge in [0, 0.05) is 12.6 Å². The Morgan fingerprint density at radius 2 is 2.14 bits per heavy atom. The molecule has 1 aromatic rings. The van der Waals surface area contributed by atoms with Crippen molar-refractivity contribution in [2.24, 2.45) is 0 Å². The van der Waals surface area contributed by atoms with Gasteiger partial charge in [0.2, 0.25) is 0 Å². The highest BCUT2D eigenvalue weighted by molar-refractivity contribution is 6.30. The number of nitrogens with zero attached hydrogens (tertiary/aromatic N) is 1. The number of amides is 1. The summed E-state index contributed by atoms with van der Waals surface area (Å²) in [5.41, 5.74) is -0.524. The van der Waals surface area contributed by atoms with Gasteiger partial charge in [-0.15, -0.1) is 0 Å². The van der Waals surface area contributed by atoms with Gasteiger partial charge in [0.1, 0.15) is 23.3 Å². The first-order valence-electron chi connectivity index (χ1n) is 7.34. The van der Waals surface area contributed by atoms with Gasteiger partial charge in [-0.2, -0.15) is 0 Å². The lowest BCUT2D eigenvalue weighted by atomic mass is 10.1. The first-order chi connectivity index (χ1) is 10.2. The monoisotopic (exact) mass is 329 g/mol. The molecule has 2 rings (SSSR count). The molecule has 122 valence electrons. The minimum absolute atomic E-state index is 0.0615. The predicted octanol–water partition coefficient (Wildman–Crippen LogP) is 4.26. The van der Waals surface area contributed by atoms with Crippen LogP contribution < -0.4 is 4.74 Å². The van der Waals surface area contributed by atoms with Gasteiger partial charge in [0.05, 0.1) is 11.6 Å². The Kier molecular flexibility index (Phi) is 5.16. The van der Waals surface area contributed by atoms with E-state index in [1.54, 1.807) is 11.0 Å². The Hall–Kier alpha value is -1.49. The van der Waals surface area contributed by atoms with Crippen LogP contribution in [0.4, 0.5) is 9.18 Å². The summed E-state index contributed by atoms with van der Waals surface area (Å²) in [4.78, 5) is 13.7.